The lowest BCUT2D eigenvalue weighted by Crippen LogP contribution is -2.36. The number of hydrogen-bond acceptors (Lipinski definition) is 4. The van der Waals surface area contributed by atoms with Gasteiger partial charge in [0.25, 0.3) is 5.91 Å². The van der Waals surface area contributed by atoms with E-state index in [9.17, 15) is 28.1 Å². The Balaban J connectivity index is 2.78. The summed E-state index contributed by atoms with van der Waals surface area (Å²) in [6, 6.07) is 2.28. The first kappa shape index (κ1) is 15.0. The van der Waals surface area contributed by atoms with Crippen molar-refractivity contribution in [1.82, 2.24) is 9.88 Å². The number of hydrogen-bond donors (Lipinski definition) is 2. The quantitative estimate of drug-likeness (QED) is 0.609. The van der Waals surface area contributed by atoms with Crippen molar-refractivity contribution in [3.8, 4) is 0 Å². The number of nitro groups is 1. The van der Waals surface area contributed by atoms with E-state index in [1.54, 1.807) is 5.32 Å². The van der Waals surface area contributed by atoms with E-state index < -0.39 is 42.5 Å². The number of carbonyl (C=O) groups excluding carboxylic acids is 1. The maximum Gasteiger partial charge on any atom is 0.405 e. The van der Waals surface area contributed by atoms with Gasteiger partial charge >= 0.3 is 12.0 Å². The average molecular weight is 281 g/mol. The molecule has 0 bridgehead atoms. The van der Waals surface area contributed by atoms with Gasteiger partial charge in [0.1, 0.15) is 18.8 Å². The predicted octanol–water partition coefficient (Wildman–Crippen LogP) is 0.567. The van der Waals surface area contributed by atoms with Gasteiger partial charge in [-0.1, -0.05) is 0 Å². The van der Waals surface area contributed by atoms with Gasteiger partial charge in [-0.3, -0.25) is 4.79 Å². The van der Waals surface area contributed by atoms with Gasteiger partial charge in [-0.15, -0.1) is 0 Å². The molecule has 0 fully saturated rings. The van der Waals surface area contributed by atoms with Crippen molar-refractivity contribution in [2.75, 3.05) is 6.54 Å². The van der Waals surface area contributed by atoms with E-state index in [4.69, 9.17) is 5.11 Å². The van der Waals surface area contributed by atoms with Gasteiger partial charge in [0.2, 0.25) is 0 Å². The van der Waals surface area contributed by atoms with Crippen LogP contribution in [0.4, 0.5) is 19.0 Å². The Morgan fingerprint density at radius 1 is 1.47 bits per heavy atom. The highest BCUT2D eigenvalue weighted by atomic mass is 19.4. The zero-order valence-electron chi connectivity index (χ0n) is 9.48. The summed E-state index contributed by atoms with van der Waals surface area (Å²) in [7, 11) is 0. The highest BCUT2D eigenvalue weighted by molar-refractivity contribution is 5.76. The first-order valence-electron chi connectivity index (χ1n) is 5.01. The summed E-state index contributed by atoms with van der Waals surface area (Å²) in [6.07, 6.45) is -4.56. The zero-order chi connectivity index (χ0) is 14.6. The second-order valence-corrected chi connectivity index (χ2v) is 3.58. The minimum Gasteiger partial charge on any atom is -0.388 e. The van der Waals surface area contributed by atoms with Gasteiger partial charge in [0.15, 0.2) is 6.54 Å². The van der Waals surface area contributed by atoms with E-state index in [-0.39, 0.29) is 5.69 Å². The molecule has 10 heteroatoms. The Morgan fingerprint density at radius 2 is 2.11 bits per heavy atom. The third-order valence-electron chi connectivity index (χ3n) is 2.18. The number of aromatic nitrogens is 1. The number of rotatable bonds is 5. The number of amides is 1. The molecule has 7 nitrogen and oxygen atoms in total. The third-order valence-corrected chi connectivity index (χ3v) is 2.18. The summed E-state index contributed by atoms with van der Waals surface area (Å²) in [5.41, 5.74) is 0.0638. The van der Waals surface area contributed by atoms with E-state index in [1.807, 2.05) is 0 Å². The molecule has 0 spiro atoms. The molecular weight excluding hydrogens is 271 g/mol. The smallest absolute Gasteiger partial charge is 0.388 e. The van der Waals surface area contributed by atoms with Crippen LogP contribution in [0.3, 0.4) is 0 Å². The fourth-order valence-electron chi connectivity index (χ4n) is 1.38. The molecular formula is C9H10F3N3O4. The summed E-state index contributed by atoms with van der Waals surface area (Å²) in [6.45, 7) is -2.76. The van der Waals surface area contributed by atoms with Crippen LogP contribution in [0.1, 0.15) is 5.69 Å². The minimum absolute atomic E-state index is 0.0638. The fourth-order valence-corrected chi connectivity index (χ4v) is 1.38. The van der Waals surface area contributed by atoms with Crippen molar-refractivity contribution in [1.29, 1.82) is 0 Å². The summed E-state index contributed by atoms with van der Waals surface area (Å²) in [5, 5.41) is 21.2. The van der Waals surface area contributed by atoms with Crippen LogP contribution in [-0.2, 0) is 17.9 Å². The summed E-state index contributed by atoms with van der Waals surface area (Å²) in [5.74, 6) is -1.52. The third kappa shape index (κ3) is 4.25. The number of carbonyl (C=O) groups is 1. The van der Waals surface area contributed by atoms with Gasteiger partial charge in [-0.05, 0) is 11.0 Å². The first-order valence-corrected chi connectivity index (χ1v) is 5.01. The van der Waals surface area contributed by atoms with Crippen LogP contribution in [0.15, 0.2) is 12.1 Å². The molecule has 0 saturated heterocycles. The normalized spacial score (nSPS) is 11.4. The van der Waals surface area contributed by atoms with E-state index in [0.29, 0.717) is 0 Å². The lowest BCUT2D eigenvalue weighted by molar-refractivity contribution is -0.392. The molecule has 0 radical (unpaired) electrons. The standard InChI is InChI=1S/C9H10F3N3O4/c10-9(11,12)5-13-7(17)3-14-6(4-16)1-2-8(14)15(18)19/h1-2,16H,3-5H2,(H,13,17). The summed E-state index contributed by atoms with van der Waals surface area (Å²) in [4.78, 5) is 21.1. The van der Waals surface area contributed by atoms with Crippen molar-refractivity contribution in [3.63, 3.8) is 0 Å². The van der Waals surface area contributed by atoms with E-state index in [2.05, 4.69) is 0 Å². The Morgan fingerprint density at radius 3 is 2.58 bits per heavy atom. The number of alkyl halides is 3. The fraction of sp³-hybridized carbons (Fsp3) is 0.444. The predicted molar refractivity (Wildman–Crippen MR) is 56.1 cm³/mol. The topological polar surface area (TPSA) is 97.4 Å². The lowest BCUT2D eigenvalue weighted by atomic mass is 10.4. The first-order chi connectivity index (χ1) is 8.74. The van der Waals surface area contributed by atoms with Gasteiger partial charge in [-0.2, -0.15) is 13.2 Å². The molecule has 106 valence electrons. The van der Waals surface area contributed by atoms with Crippen LogP contribution in [0.5, 0.6) is 0 Å². The molecule has 1 heterocycles. The minimum atomic E-state index is -4.56. The lowest BCUT2D eigenvalue weighted by Gasteiger charge is -2.08. The van der Waals surface area contributed by atoms with Crippen LogP contribution in [0, 0.1) is 10.1 Å². The average Bonchev–Trinajstić information content (AvgIpc) is 2.68. The Labute approximate surface area is 104 Å². The van der Waals surface area contributed by atoms with E-state index >= 15 is 0 Å². The molecule has 0 aliphatic carbocycles. The van der Waals surface area contributed by atoms with E-state index in [0.717, 1.165) is 10.6 Å². The summed E-state index contributed by atoms with van der Waals surface area (Å²) < 4.78 is 36.5. The van der Waals surface area contributed by atoms with Crippen molar-refractivity contribution >= 4 is 11.7 Å². The Bertz CT molecular complexity index is 484. The molecule has 0 aliphatic heterocycles. The van der Waals surface area contributed by atoms with Crippen molar-refractivity contribution in [2.45, 2.75) is 19.3 Å². The number of aliphatic hydroxyl groups excluding tert-OH is 1. The molecule has 0 saturated carbocycles. The zero-order valence-corrected chi connectivity index (χ0v) is 9.48. The van der Waals surface area contributed by atoms with Gasteiger partial charge in [-0.25, -0.2) is 4.57 Å². The molecule has 0 atom stereocenters. The molecule has 19 heavy (non-hydrogen) atoms. The van der Waals surface area contributed by atoms with E-state index in [1.165, 1.54) is 6.07 Å². The highest BCUT2D eigenvalue weighted by Gasteiger charge is 2.28. The van der Waals surface area contributed by atoms with Crippen LogP contribution < -0.4 is 5.32 Å². The van der Waals surface area contributed by atoms with Crippen LogP contribution in [0.2, 0.25) is 0 Å². The van der Waals surface area contributed by atoms with Crippen LogP contribution in [0.25, 0.3) is 0 Å². The van der Waals surface area contributed by atoms with Crippen molar-refractivity contribution < 1.29 is 28.0 Å². The maximum absolute atomic E-state index is 11.9. The monoisotopic (exact) mass is 281 g/mol. The molecule has 2 N–H and O–H groups in total. The van der Waals surface area contributed by atoms with Crippen molar-refractivity contribution in [3.05, 3.63) is 27.9 Å². The van der Waals surface area contributed by atoms with Gasteiger partial charge in [0.05, 0.1) is 0 Å². The molecule has 1 aromatic rings. The van der Waals surface area contributed by atoms with Crippen LogP contribution >= 0.6 is 0 Å². The molecule has 0 unspecified atom stereocenters. The molecule has 0 aliphatic rings. The van der Waals surface area contributed by atoms with Crippen LogP contribution in [-0.4, -0.2) is 33.2 Å². The highest BCUT2D eigenvalue weighted by Crippen LogP contribution is 2.17. The Kier molecular flexibility index (Phi) is 4.48. The second kappa shape index (κ2) is 5.69. The second-order valence-electron chi connectivity index (χ2n) is 3.58. The number of aliphatic hydroxyl groups is 1. The largest absolute Gasteiger partial charge is 0.405 e. The molecule has 1 rings (SSSR count). The molecule has 0 aromatic carbocycles. The van der Waals surface area contributed by atoms with Crippen molar-refractivity contribution in [2.24, 2.45) is 0 Å². The SMILES string of the molecule is O=C(Cn1c(CO)ccc1[N+](=O)[O-])NCC(F)(F)F. The number of nitrogens with one attached hydrogen (secondary N) is 1. The van der Waals surface area contributed by atoms with Gasteiger partial charge in [0, 0.05) is 6.07 Å². The maximum atomic E-state index is 11.9. The Hall–Kier alpha value is -2.10. The number of nitrogens with zero attached hydrogens (tertiary/aromatic N) is 2. The molecule has 1 aromatic heterocycles. The number of halogens is 3. The molecule has 1 amide bonds. The van der Waals surface area contributed by atoms with Gasteiger partial charge < -0.3 is 20.5 Å². The summed E-state index contributed by atoms with van der Waals surface area (Å²) >= 11 is 0.